The number of H-pyrrole nitrogens is 1. The predicted octanol–water partition coefficient (Wildman–Crippen LogP) is 1.16. The number of carbonyl (C=O) groups is 1. The van der Waals surface area contributed by atoms with Crippen LogP contribution >= 0.6 is 11.6 Å². The van der Waals surface area contributed by atoms with Crippen molar-refractivity contribution in [2.45, 2.75) is 13.0 Å². The van der Waals surface area contributed by atoms with Gasteiger partial charge in [-0.1, -0.05) is 11.6 Å². The maximum absolute atomic E-state index is 12.5. The van der Waals surface area contributed by atoms with Gasteiger partial charge in [-0.2, -0.15) is 4.98 Å². The summed E-state index contributed by atoms with van der Waals surface area (Å²) in [6.45, 7) is 4.22. The molecule has 3 rings (SSSR count). The lowest BCUT2D eigenvalue weighted by atomic mass is 10.2. The number of ether oxygens (including phenoxy) is 1. The van der Waals surface area contributed by atoms with Crippen molar-refractivity contribution < 1.29 is 9.53 Å². The molecule has 1 aromatic heterocycles. The molecule has 0 saturated carbocycles. The maximum Gasteiger partial charge on any atom is 0.263 e. The van der Waals surface area contributed by atoms with E-state index in [2.05, 4.69) is 15.2 Å². The highest BCUT2D eigenvalue weighted by Gasteiger charge is 2.27. The first-order valence-electron chi connectivity index (χ1n) is 7.67. The van der Waals surface area contributed by atoms with Crippen LogP contribution in [0.3, 0.4) is 0 Å². The molecule has 1 aliphatic heterocycles. The van der Waals surface area contributed by atoms with Crippen molar-refractivity contribution >= 4 is 29.4 Å². The Hall–Kier alpha value is -2.48. The van der Waals surface area contributed by atoms with Gasteiger partial charge < -0.3 is 20.3 Å². The van der Waals surface area contributed by atoms with E-state index >= 15 is 0 Å². The third-order valence-corrected chi connectivity index (χ3v) is 4.09. The van der Waals surface area contributed by atoms with E-state index in [0.717, 1.165) is 0 Å². The monoisotopic (exact) mass is 350 g/mol. The molecule has 1 fully saturated rings. The van der Waals surface area contributed by atoms with Gasteiger partial charge in [0.05, 0.1) is 0 Å². The van der Waals surface area contributed by atoms with Gasteiger partial charge in [-0.15, -0.1) is 5.10 Å². The average molecular weight is 351 g/mol. The summed E-state index contributed by atoms with van der Waals surface area (Å²) in [6, 6.07) is 6.96. The lowest BCUT2D eigenvalue weighted by Crippen LogP contribution is -2.52. The average Bonchev–Trinajstić information content (AvgIpc) is 3.03. The minimum absolute atomic E-state index is 0.0425. The third kappa shape index (κ3) is 3.70. The van der Waals surface area contributed by atoms with E-state index in [0.29, 0.717) is 42.9 Å². The molecule has 8 nitrogen and oxygen atoms in total. The number of carbonyl (C=O) groups excluding carboxylic acids is 1. The number of nitrogen functional groups attached to an aromatic ring is 1. The summed E-state index contributed by atoms with van der Waals surface area (Å²) >= 11 is 5.84. The Morgan fingerprint density at radius 3 is 2.54 bits per heavy atom. The molecule has 1 aliphatic rings. The highest BCUT2D eigenvalue weighted by atomic mass is 35.5. The van der Waals surface area contributed by atoms with Crippen LogP contribution in [-0.4, -0.2) is 58.3 Å². The first kappa shape index (κ1) is 16.4. The van der Waals surface area contributed by atoms with Crippen LogP contribution in [0.2, 0.25) is 5.02 Å². The van der Waals surface area contributed by atoms with Crippen LogP contribution in [0.5, 0.6) is 5.75 Å². The van der Waals surface area contributed by atoms with Crippen molar-refractivity contribution in [1.29, 1.82) is 0 Å². The molecule has 3 N–H and O–H groups in total. The van der Waals surface area contributed by atoms with E-state index in [9.17, 15) is 4.79 Å². The van der Waals surface area contributed by atoms with Gasteiger partial charge in [0.2, 0.25) is 11.9 Å². The zero-order valence-corrected chi connectivity index (χ0v) is 14.0. The molecule has 0 radical (unpaired) electrons. The van der Waals surface area contributed by atoms with Gasteiger partial charge >= 0.3 is 0 Å². The fraction of sp³-hybridized carbons (Fsp3) is 0.400. The second-order valence-electron chi connectivity index (χ2n) is 5.55. The second kappa shape index (κ2) is 6.96. The Morgan fingerprint density at radius 2 is 1.96 bits per heavy atom. The number of nitrogens with two attached hydrogens (primary N) is 1. The van der Waals surface area contributed by atoms with Gasteiger partial charge in [-0.05, 0) is 31.2 Å². The summed E-state index contributed by atoms with van der Waals surface area (Å²) in [5.41, 5.74) is 5.54. The summed E-state index contributed by atoms with van der Waals surface area (Å²) in [7, 11) is 0. The van der Waals surface area contributed by atoms with Gasteiger partial charge in [0.15, 0.2) is 6.10 Å². The first-order chi connectivity index (χ1) is 11.5. The van der Waals surface area contributed by atoms with Crippen LogP contribution in [0.25, 0.3) is 0 Å². The number of halogens is 1. The minimum atomic E-state index is -0.558. The smallest absolute Gasteiger partial charge is 0.263 e. The largest absolute Gasteiger partial charge is 0.481 e. The molecule has 24 heavy (non-hydrogen) atoms. The molecule has 0 unspecified atom stereocenters. The number of anilines is 2. The standard InChI is InChI=1S/C15H19ClN6O2/c1-10(24-12-4-2-11(16)3-5-12)13(23)21-6-8-22(9-7-21)15-18-14(17)19-20-15/h2-5,10H,6-9H2,1H3,(H3,17,18,19,20)/t10-/m0/s1. The van der Waals surface area contributed by atoms with Crippen LogP contribution in [-0.2, 0) is 4.79 Å². The number of nitrogens with zero attached hydrogens (tertiary/aromatic N) is 4. The third-order valence-electron chi connectivity index (χ3n) is 3.84. The molecule has 0 aliphatic carbocycles. The summed E-state index contributed by atoms with van der Waals surface area (Å²) in [5.74, 6) is 1.42. The number of benzene rings is 1. The van der Waals surface area contributed by atoms with E-state index in [1.165, 1.54) is 0 Å². The van der Waals surface area contributed by atoms with E-state index in [1.54, 1.807) is 36.1 Å². The number of nitrogens with one attached hydrogen (secondary N) is 1. The van der Waals surface area contributed by atoms with Crippen LogP contribution in [0.4, 0.5) is 11.9 Å². The number of hydrogen-bond donors (Lipinski definition) is 2. The molecule has 128 valence electrons. The van der Waals surface area contributed by atoms with Crippen molar-refractivity contribution in [3.63, 3.8) is 0 Å². The van der Waals surface area contributed by atoms with Crippen molar-refractivity contribution in [1.82, 2.24) is 20.1 Å². The molecule has 0 bridgehead atoms. The molecule has 1 amide bonds. The highest BCUT2D eigenvalue weighted by Crippen LogP contribution is 2.18. The number of aromatic nitrogens is 3. The quantitative estimate of drug-likeness (QED) is 0.858. The van der Waals surface area contributed by atoms with E-state index < -0.39 is 6.10 Å². The Bertz CT molecular complexity index is 696. The molecule has 0 spiro atoms. The van der Waals surface area contributed by atoms with Crippen LogP contribution in [0.1, 0.15) is 6.92 Å². The number of hydrogen-bond acceptors (Lipinski definition) is 6. The SMILES string of the molecule is C[C@H](Oc1ccc(Cl)cc1)C(=O)N1CCN(c2n[nH]c(N)n2)CC1. The first-order valence-corrected chi connectivity index (χ1v) is 8.04. The summed E-state index contributed by atoms with van der Waals surface area (Å²) < 4.78 is 5.69. The Balaban J connectivity index is 1.53. The molecule has 1 saturated heterocycles. The number of piperazine rings is 1. The zero-order chi connectivity index (χ0) is 17.1. The van der Waals surface area contributed by atoms with Gasteiger partial charge in [-0.25, -0.2) is 5.10 Å². The molecule has 1 atom stereocenters. The van der Waals surface area contributed by atoms with Crippen LogP contribution in [0.15, 0.2) is 24.3 Å². The van der Waals surface area contributed by atoms with Crippen LogP contribution < -0.4 is 15.4 Å². The summed E-state index contributed by atoms with van der Waals surface area (Å²) in [5, 5.41) is 7.28. The molecular weight excluding hydrogens is 332 g/mol. The molecular formula is C15H19ClN6O2. The number of amides is 1. The van der Waals surface area contributed by atoms with Crippen molar-refractivity contribution in [3.05, 3.63) is 29.3 Å². The normalized spacial score (nSPS) is 16.1. The molecule has 2 aromatic rings. The van der Waals surface area contributed by atoms with E-state index in [1.807, 2.05) is 4.90 Å². The van der Waals surface area contributed by atoms with Crippen molar-refractivity contribution in [2.75, 3.05) is 36.8 Å². The fourth-order valence-corrected chi connectivity index (χ4v) is 2.68. The van der Waals surface area contributed by atoms with Gasteiger partial charge in [0.1, 0.15) is 5.75 Å². The lowest BCUT2D eigenvalue weighted by molar-refractivity contribution is -0.138. The van der Waals surface area contributed by atoms with E-state index in [-0.39, 0.29) is 11.9 Å². The Labute approximate surface area is 144 Å². The van der Waals surface area contributed by atoms with Gasteiger partial charge in [0, 0.05) is 31.2 Å². The second-order valence-corrected chi connectivity index (χ2v) is 5.98. The molecule has 2 heterocycles. The van der Waals surface area contributed by atoms with Crippen molar-refractivity contribution in [3.8, 4) is 5.75 Å². The highest BCUT2D eigenvalue weighted by molar-refractivity contribution is 6.30. The number of aromatic amines is 1. The van der Waals surface area contributed by atoms with Crippen molar-refractivity contribution in [2.24, 2.45) is 0 Å². The maximum atomic E-state index is 12.5. The van der Waals surface area contributed by atoms with E-state index in [4.69, 9.17) is 22.1 Å². The lowest BCUT2D eigenvalue weighted by Gasteiger charge is -2.35. The van der Waals surface area contributed by atoms with Gasteiger partial charge in [-0.3, -0.25) is 4.79 Å². The summed E-state index contributed by atoms with van der Waals surface area (Å²) in [4.78, 5) is 20.4. The Kier molecular flexibility index (Phi) is 4.75. The Morgan fingerprint density at radius 1 is 1.29 bits per heavy atom. The molecule has 9 heteroatoms. The summed E-state index contributed by atoms with van der Waals surface area (Å²) in [6.07, 6.45) is -0.558. The predicted molar refractivity (Wildman–Crippen MR) is 91.1 cm³/mol. The van der Waals surface area contributed by atoms with Gasteiger partial charge in [0.25, 0.3) is 5.91 Å². The minimum Gasteiger partial charge on any atom is -0.481 e. The number of rotatable bonds is 4. The topological polar surface area (TPSA) is 100 Å². The zero-order valence-electron chi connectivity index (χ0n) is 13.3. The fourth-order valence-electron chi connectivity index (χ4n) is 2.56. The molecule has 1 aromatic carbocycles. The van der Waals surface area contributed by atoms with Crippen LogP contribution in [0, 0.1) is 0 Å².